The molecular weight excluding hydrogens is 300 g/mol. The van der Waals surface area contributed by atoms with Gasteiger partial charge in [-0.2, -0.15) is 0 Å². The fourth-order valence-corrected chi connectivity index (χ4v) is 3.17. The summed E-state index contributed by atoms with van der Waals surface area (Å²) in [6, 6.07) is 1.36. The Balaban J connectivity index is 1.57. The minimum absolute atomic E-state index is 0.0426. The van der Waals surface area contributed by atoms with E-state index >= 15 is 0 Å². The molecule has 0 unspecified atom stereocenters. The predicted octanol–water partition coefficient (Wildman–Crippen LogP) is 0.321. The number of aromatic amines is 1. The van der Waals surface area contributed by atoms with Crippen LogP contribution < -0.4 is 21.5 Å². The first-order chi connectivity index (χ1) is 11.0. The molecule has 1 amide bonds. The summed E-state index contributed by atoms with van der Waals surface area (Å²) in [7, 11) is 1.43. The maximum absolute atomic E-state index is 11.9. The molecule has 2 aliphatic rings. The van der Waals surface area contributed by atoms with Crippen LogP contribution in [0.4, 0.5) is 10.6 Å². The number of hydrogen-bond acceptors (Lipinski definition) is 5. The van der Waals surface area contributed by atoms with Gasteiger partial charge < -0.3 is 15.0 Å². The first-order valence-corrected chi connectivity index (χ1v) is 8.05. The Bertz CT molecular complexity index is 658. The Hall–Kier alpha value is -2.25. The maximum Gasteiger partial charge on any atom is 0.407 e. The molecule has 1 saturated heterocycles. The maximum atomic E-state index is 11.9. The van der Waals surface area contributed by atoms with Crippen molar-refractivity contribution < 1.29 is 9.53 Å². The monoisotopic (exact) mass is 322 g/mol. The summed E-state index contributed by atoms with van der Waals surface area (Å²) in [5, 5.41) is 2.87. The molecule has 8 heteroatoms. The molecule has 0 radical (unpaired) electrons. The van der Waals surface area contributed by atoms with Crippen LogP contribution in [0.5, 0.6) is 0 Å². The van der Waals surface area contributed by atoms with Gasteiger partial charge >= 0.3 is 11.8 Å². The van der Waals surface area contributed by atoms with E-state index in [1.807, 2.05) is 4.90 Å². The first kappa shape index (κ1) is 15.6. The van der Waals surface area contributed by atoms with Crippen LogP contribution in [-0.2, 0) is 11.8 Å². The van der Waals surface area contributed by atoms with Gasteiger partial charge in [0.2, 0.25) is 0 Å². The highest BCUT2D eigenvalue weighted by Crippen LogP contribution is 2.21. The van der Waals surface area contributed by atoms with Gasteiger partial charge in [0.15, 0.2) is 0 Å². The lowest BCUT2D eigenvalue weighted by atomic mass is 10.3. The molecule has 1 aromatic rings. The Morgan fingerprint density at radius 1 is 1.30 bits per heavy atom. The highest BCUT2D eigenvalue weighted by atomic mass is 16.6. The summed E-state index contributed by atoms with van der Waals surface area (Å²) in [4.78, 5) is 39.8. The van der Waals surface area contributed by atoms with Gasteiger partial charge in [-0.25, -0.2) is 9.59 Å². The van der Waals surface area contributed by atoms with Gasteiger partial charge in [-0.05, 0) is 32.1 Å². The van der Waals surface area contributed by atoms with Gasteiger partial charge in [0.1, 0.15) is 11.9 Å². The van der Waals surface area contributed by atoms with Crippen molar-refractivity contribution in [3.8, 4) is 0 Å². The fourth-order valence-electron chi connectivity index (χ4n) is 3.17. The number of H-pyrrole nitrogens is 1. The molecule has 2 N–H and O–H groups in total. The van der Waals surface area contributed by atoms with E-state index in [0.717, 1.165) is 36.7 Å². The number of anilines is 1. The molecule has 1 aliphatic heterocycles. The molecule has 2 fully saturated rings. The minimum atomic E-state index is -0.440. The number of ether oxygens (including phenoxy) is 1. The third-order valence-corrected chi connectivity index (χ3v) is 4.56. The Kier molecular flexibility index (Phi) is 4.40. The quantitative estimate of drug-likeness (QED) is 0.835. The molecule has 0 aromatic carbocycles. The lowest BCUT2D eigenvalue weighted by molar-refractivity contribution is 0.0985. The SMILES string of the molecule is Cn1c(=O)cc(N2CC[C@@H](NC(=O)OC3CCCC3)C2)[nH]c1=O. The summed E-state index contributed by atoms with van der Waals surface area (Å²) in [6.45, 7) is 1.21. The minimum Gasteiger partial charge on any atom is -0.446 e. The van der Waals surface area contributed by atoms with Crippen LogP contribution in [-0.4, -0.2) is 40.9 Å². The highest BCUT2D eigenvalue weighted by Gasteiger charge is 2.27. The van der Waals surface area contributed by atoms with E-state index in [2.05, 4.69) is 10.3 Å². The summed E-state index contributed by atoms with van der Waals surface area (Å²) in [5.41, 5.74) is -0.787. The summed E-state index contributed by atoms with van der Waals surface area (Å²) >= 11 is 0. The third-order valence-electron chi connectivity index (χ3n) is 4.56. The summed E-state index contributed by atoms with van der Waals surface area (Å²) in [5.74, 6) is 0.492. The number of carbonyl (C=O) groups is 1. The van der Waals surface area contributed by atoms with Gasteiger partial charge in [-0.15, -0.1) is 0 Å². The van der Waals surface area contributed by atoms with Gasteiger partial charge in [0.05, 0.1) is 6.04 Å². The van der Waals surface area contributed by atoms with E-state index in [0.29, 0.717) is 18.9 Å². The Labute approximate surface area is 133 Å². The van der Waals surface area contributed by atoms with Crippen LogP contribution >= 0.6 is 0 Å². The second kappa shape index (κ2) is 6.47. The fraction of sp³-hybridized carbons (Fsp3) is 0.667. The molecule has 23 heavy (non-hydrogen) atoms. The average molecular weight is 322 g/mol. The molecule has 126 valence electrons. The Morgan fingerprint density at radius 3 is 2.74 bits per heavy atom. The lowest BCUT2D eigenvalue weighted by Crippen LogP contribution is -2.40. The lowest BCUT2D eigenvalue weighted by Gasteiger charge is -2.19. The smallest absolute Gasteiger partial charge is 0.407 e. The third kappa shape index (κ3) is 3.57. The number of rotatable bonds is 3. The van der Waals surface area contributed by atoms with Crippen molar-refractivity contribution >= 4 is 11.9 Å². The summed E-state index contributed by atoms with van der Waals surface area (Å²) < 4.78 is 6.41. The zero-order chi connectivity index (χ0) is 16.4. The standard InChI is InChI=1S/C15H22N4O4/c1-18-13(20)8-12(17-14(18)21)19-7-6-10(9-19)16-15(22)23-11-4-2-3-5-11/h8,10-11H,2-7,9H2,1H3,(H,16,22)(H,17,21)/t10-/m1/s1. The van der Waals surface area contributed by atoms with Crippen molar-refractivity contribution in [3.05, 3.63) is 26.9 Å². The van der Waals surface area contributed by atoms with E-state index in [-0.39, 0.29) is 23.8 Å². The molecule has 0 spiro atoms. The number of aromatic nitrogens is 2. The molecule has 8 nitrogen and oxygen atoms in total. The van der Waals surface area contributed by atoms with Crippen LogP contribution in [0.1, 0.15) is 32.1 Å². The van der Waals surface area contributed by atoms with Crippen molar-refractivity contribution in [3.63, 3.8) is 0 Å². The van der Waals surface area contributed by atoms with Crippen LogP contribution in [0.3, 0.4) is 0 Å². The van der Waals surface area contributed by atoms with Gasteiger partial charge in [0, 0.05) is 26.2 Å². The van der Waals surface area contributed by atoms with Crippen LogP contribution in [0.25, 0.3) is 0 Å². The molecule has 2 heterocycles. The zero-order valence-corrected chi connectivity index (χ0v) is 13.2. The second-order valence-corrected chi connectivity index (χ2v) is 6.24. The largest absolute Gasteiger partial charge is 0.446 e. The molecular formula is C15H22N4O4. The number of alkyl carbamates (subject to hydrolysis) is 1. The number of amides is 1. The van der Waals surface area contributed by atoms with Crippen molar-refractivity contribution in [2.45, 2.75) is 44.2 Å². The normalized spacial score (nSPS) is 21.6. The summed E-state index contributed by atoms with van der Waals surface area (Å²) in [6.07, 6.45) is 4.54. The van der Waals surface area contributed by atoms with Crippen LogP contribution in [0.2, 0.25) is 0 Å². The number of hydrogen-bond donors (Lipinski definition) is 2. The zero-order valence-electron chi connectivity index (χ0n) is 13.2. The van der Waals surface area contributed by atoms with Gasteiger partial charge in [-0.3, -0.25) is 14.3 Å². The van der Waals surface area contributed by atoms with Crippen molar-refractivity contribution in [1.82, 2.24) is 14.9 Å². The van der Waals surface area contributed by atoms with Crippen LogP contribution in [0, 0.1) is 0 Å². The first-order valence-electron chi connectivity index (χ1n) is 8.05. The van der Waals surface area contributed by atoms with Gasteiger partial charge in [0.25, 0.3) is 5.56 Å². The molecule has 1 aromatic heterocycles. The van der Waals surface area contributed by atoms with Gasteiger partial charge in [-0.1, -0.05) is 0 Å². The Morgan fingerprint density at radius 2 is 2.04 bits per heavy atom. The van der Waals surface area contributed by atoms with E-state index in [9.17, 15) is 14.4 Å². The molecule has 1 saturated carbocycles. The van der Waals surface area contributed by atoms with E-state index in [4.69, 9.17) is 4.74 Å². The number of nitrogens with zero attached hydrogens (tertiary/aromatic N) is 2. The topological polar surface area (TPSA) is 96.4 Å². The van der Waals surface area contributed by atoms with Crippen LogP contribution in [0.15, 0.2) is 15.7 Å². The molecule has 1 atom stereocenters. The predicted molar refractivity (Wildman–Crippen MR) is 84.8 cm³/mol. The van der Waals surface area contributed by atoms with E-state index < -0.39 is 5.69 Å². The van der Waals surface area contributed by atoms with E-state index in [1.54, 1.807) is 0 Å². The van der Waals surface area contributed by atoms with Crippen molar-refractivity contribution in [2.24, 2.45) is 7.05 Å². The highest BCUT2D eigenvalue weighted by molar-refractivity contribution is 5.68. The molecule has 3 rings (SSSR count). The number of carbonyl (C=O) groups excluding carboxylic acids is 1. The number of nitrogens with one attached hydrogen (secondary N) is 2. The molecule has 0 bridgehead atoms. The second-order valence-electron chi connectivity index (χ2n) is 6.24. The average Bonchev–Trinajstić information content (AvgIpc) is 3.16. The molecule has 1 aliphatic carbocycles. The van der Waals surface area contributed by atoms with E-state index in [1.165, 1.54) is 13.1 Å². The van der Waals surface area contributed by atoms with Crippen molar-refractivity contribution in [1.29, 1.82) is 0 Å². The van der Waals surface area contributed by atoms with Crippen molar-refractivity contribution in [2.75, 3.05) is 18.0 Å².